The number of benzene rings is 1. The number of amides is 1. The van der Waals surface area contributed by atoms with E-state index >= 15 is 0 Å². The van der Waals surface area contributed by atoms with E-state index in [1.165, 1.54) is 0 Å². The summed E-state index contributed by atoms with van der Waals surface area (Å²) in [6.07, 6.45) is 2.00. The van der Waals surface area contributed by atoms with E-state index in [4.69, 9.17) is 23.2 Å². The van der Waals surface area contributed by atoms with E-state index in [2.05, 4.69) is 15.9 Å². The zero-order chi connectivity index (χ0) is 12.4. The normalized spacial score (nSPS) is 19.7. The fraction of sp³-hybridized carbons (Fsp3) is 0.417. The Balaban J connectivity index is 2.24. The SMILES string of the molecule is O=C(c1cc(Cl)cc(Br)c1)N1CCCC1CCl. The highest BCUT2D eigenvalue weighted by Gasteiger charge is 2.28. The predicted molar refractivity (Wildman–Crippen MR) is 73.9 cm³/mol. The van der Waals surface area contributed by atoms with E-state index in [1.807, 2.05) is 4.90 Å². The Hall–Kier alpha value is -0.250. The van der Waals surface area contributed by atoms with Crippen molar-refractivity contribution in [3.05, 3.63) is 33.3 Å². The molecule has 0 spiro atoms. The summed E-state index contributed by atoms with van der Waals surface area (Å²) in [5.41, 5.74) is 0.612. The first kappa shape index (κ1) is 13.2. The van der Waals surface area contributed by atoms with Crippen molar-refractivity contribution in [3.8, 4) is 0 Å². The second-order valence-electron chi connectivity index (χ2n) is 4.11. The molecule has 0 bridgehead atoms. The van der Waals surface area contributed by atoms with Gasteiger partial charge in [-0.2, -0.15) is 0 Å². The molecule has 2 nitrogen and oxygen atoms in total. The summed E-state index contributed by atoms with van der Waals surface area (Å²) >= 11 is 15.2. The van der Waals surface area contributed by atoms with E-state index in [9.17, 15) is 4.79 Å². The zero-order valence-corrected chi connectivity index (χ0v) is 12.2. The van der Waals surface area contributed by atoms with E-state index in [-0.39, 0.29) is 11.9 Å². The van der Waals surface area contributed by atoms with E-state index in [1.54, 1.807) is 18.2 Å². The zero-order valence-electron chi connectivity index (χ0n) is 9.13. The summed E-state index contributed by atoms with van der Waals surface area (Å²) in [7, 11) is 0. The van der Waals surface area contributed by atoms with Crippen LogP contribution in [-0.4, -0.2) is 29.3 Å². The molecule has 1 saturated heterocycles. The molecule has 0 saturated carbocycles. The maximum atomic E-state index is 12.3. The van der Waals surface area contributed by atoms with Gasteiger partial charge in [-0.3, -0.25) is 4.79 Å². The van der Waals surface area contributed by atoms with Crippen molar-refractivity contribution in [3.63, 3.8) is 0 Å². The van der Waals surface area contributed by atoms with Crippen LogP contribution >= 0.6 is 39.1 Å². The molecule has 1 unspecified atom stereocenters. The lowest BCUT2D eigenvalue weighted by molar-refractivity contribution is 0.0749. The maximum absolute atomic E-state index is 12.3. The highest BCUT2D eigenvalue weighted by atomic mass is 79.9. The van der Waals surface area contributed by atoms with Crippen LogP contribution in [0.1, 0.15) is 23.2 Å². The number of hydrogen-bond donors (Lipinski definition) is 0. The van der Waals surface area contributed by atoms with Gasteiger partial charge in [-0.15, -0.1) is 11.6 Å². The lowest BCUT2D eigenvalue weighted by Crippen LogP contribution is -2.36. The molecule has 1 aliphatic heterocycles. The number of hydrogen-bond acceptors (Lipinski definition) is 1. The fourth-order valence-electron chi connectivity index (χ4n) is 2.11. The first-order chi connectivity index (χ1) is 8.11. The van der Waals surface area contributed by atoms with E-state index in [0.29, 0.717) is 16.5 Å². The van der Waals surface area contributed by atoms with Gasteiger partial charge in [0.05, 0.1) is 0 Å². The molecular weight excluding hydrogens is 325 g/mol. The molecular formula is C12H12BrCl2NO. The monoisotopic (exact) mass is 335 g/mol. The maximum Gasteiger partial charge on any atom is 0.254 e. The highest BCUT2D eigenvalue weighted by Crippen LogP contribution is 2.24. The largest absolute Gasteiger partial charge is 0.334 e. The Labute approximate surface area is 119 Å². The van der Waals surface area contributed by atoms with Gasteiger partial charge >= 0.3 is 0 Å². The van der Waals surface area contributed by atoms with Crippen LogP contribution in [0.2, 0.25) is 5.02 Å². The minimum absolute atomic E-state index is 0.0105. The highest BCUT2D eigenvalue weighted by molar-refractivity contribution is 9.10. The number of halogens is 3. The molecule has 2 rings (SSSR count). The molecule has 5 heteroatoms. The van der Waals surface area contributed by atoms with Crippen LogP contribution in [0.15, 0.2) is 22.7 Å². The molecule has 17 heavy (non-hydrogen) atoms. The van der Waals surface area contributed by atoms with Crippen molar-refractivity contribution in [2.45, 2.75) is 18.9 Å². The fourth-order valence-corrected chi connectivity index (χ4v) is 3.29. The summed E-state index contributed by atoms with van der Waals surface area (Å²) in [4.78, 5) is 14.1. The average molecular weight is 337 g/mol. The van der Waals surface area contributed by atoms with Gasteiger partial charge in [0, 0.05) is 33.5 Å². The topological polar surface area (TPSA) is 20.3 Å². The van der Waals surface area contributed by atoms with Crippen molar-refractivity contribution < 1.29 is 4.79 Å². The second-order valence-corrected chi connectivity index (χ2v) is 5.77. The number of nitrogens with zero attached hydrogens (tertiary/aromatic N) is 1. The Morgan fingerprint density at radius 1 is 1.47 bits per heavy atom. The first-order valence-corrected chi connectivity index (χ1v) is 7.15. The Morgan fingerprint density at radius 2 is 2.24 bits per heavy atom. The summed E-state index contributed by atoms with van der Waals surface area (Å²) in [5, 5.41) is 0.560. The standard InChI is InChI=1S/C12H12BrCl2NO/c13-9-4-8(5-10(15)6-9)12(17)16-3-1-2-11(16)7-14/h4-6,11H,1-3,7H2. The van der Waals surface area contributed by atoms with Gasteiger partial charge in [0.25, 0.3) is 5.91 Å². The second kappa shape index (κ2) is 5.59. The third-order valence-corrected chi connectivity index (χ3v) is 3.96. The molecule has 1 fully saturated rings. The van der Waals surface area contributed by atoms with Crippen molar-refractivity contribution in [2.24, 2.45) is 0 Å². The summed E-state index contributed by atoms with van der Waals surface area (Å²) < 4.78 is 0.815. The van der Waals surface area contributed by atoms with Crippen molar-refractivity contribution >= 4 is 45.0 Å². The van der Waals surface area contributed by atoms with Crippen LogP contribution in [0.25, 0.3) is 0 Å². The van der Waals surface area contributed by atoms with E-state index in [0.717, 1.165) is 23.9 Å². The Morgan fingerprint density at radius 3 is 2.88 bits per heavy atom. The Kier molecular flexibility index (Phi) is 4.34. The lowest BCUT2D eigenvalue weighted by Gasteiger charge is -2.23. The number of carbonyl (C=O) groups is 1. The molecule has 1 aliphatic rings. The molecule has 1 aromatic carbocycles. The van der Waals surface area contributed by atoms with Gasteiger partial charge in [-0.05, 0) is 31.0 Å². The third kappa shape index (κ3) is 2.95. The van der Waals surface area contributed by atoms with Crippen LogP contribution in [0.5, 0.6) is 0 Å². The lowest BCUT2D eigenvalue weighted by atomic mass is 10.2. The molecule has 1 amide bonds. The van der Waals surface area contributed by atoms with Crippen molar-refractivity contribution in [2.75, 3.05) is 12.4 Å². The Bertz CT molecular complexity index is 418. The van der Waals surface area contributed by atoms with E-state index < -0.39 is 0 Å². The van der Waals surface area contributed by atoms with Gasteiger partial charge in [0.2, 0.25) is 0 Å². The van der Waals surface area contributed by atoms with Crippen LogP contribution in [0.3, 0.4) is 0 Å². The van der Waals surface area contributed by atoms with Gasteiger partial charge < -0.3 is 4.90 Å². The molecule has 0 radical (unpaired) electrons. The number of rotatable bonds is 2. The minimum Gasteiger partial charge on any atom is -0.334 e. The van der Waals surface area contributed by atoms with Crippen LogP contribution in [0, 0.1) is 0 Å². The molecule has 92 valence electrons. The molecule has 1 atom stereocenters. The average Bonchev–Trinajstić information content (AvgIpc) is 2.74. The van der Waals surface area contributed by atoms with Crippen molar-refractivity contribution in [1.29, 1.82) is 0 Å². The molecule has 0 N–H and O–H groups in total. The molecule has 1 aromatic rings. The summed E-state index contributed by atoms with van der Waals surface area (Å²) in [6, 6.07) is 5.40. The molecule has 0 aliphatic carbocycles. The van der Waals surface area contributed by atoms with Crippen molar-refractivity contribution in [1.82, 2.24) is 4.90 Å². The smallest absolute Gasteiger partial charge is 0.254 e. The van der Waals surface area contributed by atoms with Crippen LogP contribution < -0.4 is 0 Å². The number of carbonyl (C=O) groups excluding carboxylic acids is 1. The van der Waals surface area contributed by atoms with Gasteiger partial charge in [-0.1, -0.05) is 27.5 Å². The van der Waals surface area contributed by atoms with Gasteiger partial charge in [0.1, 0.15) is 0 Å². The van der Waals surface area contributed by atoms with Crippen LogP contribution in [0.4, 0.5) is 0 Å². The van der Waals surface area contributed by atoms with Gasteiger partial charge in [-0.25, -0.2) is 0 Å². The summed E-state index contributed by atoms with van der Waals surface area (Å²) in [6.45, 7) is 0.778. The number of alkyl halides is 1. The third-order valence-electron chi connectivity index (χ3n) is 2.93. The predicted octanol–water partition coefficient (Wildman–Crippen LogP) is 3.95. The molecule has 0 aromatic heterocycles. The number of likely N-dealkylation sites (tertiary alicyclic amines) is 1. The molecule has 1 heterocycles. The first-order valence-electron chi connectivity index (χ1n) is 5.45. The van der Waals surface area contributed by atoms with Gasteiger partial charge in [0.15, 0.2) is 0 Å². The van der Waals surface area contributed by atoms with Crippen LogP contribution in [-0.2, 0) is 0 Å². The minimum atomic E-state index is 0.0105. The quantitative estimate of drug-likeness (QED) is 0.749. The summed E-state index contributed by atoms with van der Waals surface area (Å²) in [5.74, 6) is 0.504.